The zero-order valence-corrected chi connectivity index (χ0v) is 12.0. The zero-order chi connectivity index (χ0) is 12.1. The number of fused-ring (bicyclic) bond motifs is 5. The summed E-state index contributed by atoms with van der Waals surface area (Å²) in [5, 5.41) is 1.12. The van der Waals surface area contributed by atoms with Crippen LogP contribution in [0, 0.1) is 5.92 Å². The molecule has 3 nitrogen and oxygen atoms in total. The van der Waals surface area contributed by atoms with Crippen LogP contribution in [0.25, 0.3) is 0 Å². The molecule has 2 aromatic rings. The summed E-state index contributed by atoms with van der Waals surface area (Å²) in [6.45, 7) is 0.774. The SMILES string of the molecule is O=c1[nH]c2c([se]1)C1c3ccccc3OCC1CS2. The van der Waals surface area contributed by atoms with Crippen LogP contribution in [0.15, 0.2) is 34.1 Å². The van der Waals surface area contributed by atoms with Crippen molar-refractivity contribution in [2.24, 2.45) is 5.92 Å². The molecule has 1 aromatic heterocycles. The fourth-order valence-electron chi connectivity index (χ4n) is 2.74. The van der Waals surface area contributed by atoms with E-state index in [9.17, 15) is 4.79 Å². The monoisotopic (exact) mass is 325 g/mol. The fourth-order valence-corrected chi connectivity index (χ4v) is 6.56. The summed E-state index contributed by atoms with van der Waals surface area (Å²) in [5.74, 6) is 2.94. The number of aromatic amines is 1. The minimum absolute atomic E-state index is 0.0455. The van der Waals surface area contributed by atoms with Crippen LogP contribution in [0.3, 0.4) is 0 Å². The second-order valence-electron chi connectivity index (χ2n) is 4.61. The van der Waals surface area contributed by atoms with E-state index in [0.717, 1.165) is 23.1 Å². The van der Waals surface area contributed by atoms with E-state index in [4.69, 9.17) is 4.74 Å². The summed E-state index contributed by atoms with van der Waals surface area (Å²) in [4.78, 5) is 14.6. The van der Waals surface area contributed by atoms with Gasteiger partial charge < -0.3 is 0 Å². The number of aromatic nitrogens is 1. The fraction of sp³-hybridized carbons (Fsp3) is 0.308. The summed E-state index contributed by atoms with van der Waals surface area (Å²) in [5.41, 5.74) is 1.26. The number of H-pyrrole nitrogens is 1. The first-order valence-corrected chi connectivity index (χ1v) is 8.60. The summed E-state index contributed by atoms with van der Waals surface area (Å²) >= 11 is 1.74. The van der Waals surface area contributed by atoms with Gasteiger partial charge in [0, 0.05) is 0 Å². The normalized spacial score (nSPS) is 24.7. The molecular weight excluding hydrogens is 313 g/mol. The molecule has 2 atom stereocenters. The molecule has 0 amide bonds. The third kappa shape index (κ3) is 1.54. The maximum atomic E-state index is 11.6. The molecule has 18 heavy (non-hydrogen) atoms. The molecule has 0 spiro atoms. The van der Waals surface area contributed by atoms with Gasteiger partial charge in [-0.2, -0.15) is 0 Å². The molecular formula is C13H11NO2SSe. The van der Waals surface area contributed by atoms with Crippen LogP contribution in [0.2, 0.25) is 0 Å². The predicted molar refractivity (Wildman–Crippen MR) is 72.0 cm³/mol. The van der Waals surface area contributed by atoms with Crippen LogP contribution < -0.4 is 9.17 Å². The third-order valence-electron chi connectivity index (χ3n) is 3.54. The summed E-state index contributed by atoms with van der Waals surface area (Å²) in [6, 6.07) is 8.25. The Hall–Kier alpha value is -0.901. The van der Waals surface area contributed by atoms with E-state index in [2.05, 4.69) is 17.1 Å². The molecule has 0 radical (unpaired) electrons. The van der Waals surface area contributed by atoms with E-state index >= 15 is 0 Å². The van der Waals surface area contributed by atoms with Crippen molar-refractivity contribution in [3.05, 3.63) is 43.5 Å². The Labute approximate surface area is 114 Å². The van der Waals surface area contributed by atoms with Crippen molar-refractivity contribution >= 4 is 26.3 Å². The van der Waals surface area contributed by atoms with Crippen molar-refractivity contribution in [2.45, 2.75) is 10.9 Å². The van der Waals surface area contributed by atoms with Crippen molar-refractivity contribution in [2.75, 3.05) is 12.4 Å². The van der Waals surface area contributed by atoms with Gasteiger partial charge in [-0.05, 0) is 0 Å². The van der Waals surface area contributed by atoms with E-state index in [-0.39, 0.29) is 18.9 Å². The van der Waals surface area contributed by atoms with Gasteiger partial charge in [-0.25, -0.2) is 0 Å². The molecule has 0 saturated carbocycles. The molecule has 1 N–H and O–H groups in total. The topological polar surface area (TPSA) is 42.1 Å². The number of ether oxygens (including phenoxy) is 1. The van der Waals surface area contributed by atoms with Gasteiger partial charge in [0.1, 0.15) is 0 Å². The Morgan fingerprint density at radius 3 is 3.22 bits per heavy atom. The molecule has 0 saturated heterocycles. The number of rotatable bonds is 0. The van der Waals surface area contributed by atoms with Crippen molar-refractivity contribution < 1.29 is 4.74 Å². The third-order valence-corrected chi connectivity index (χ3v) is 7.07. The van der Waals surface area contributed by atoms with Gasteiger partial charge >= 0.3 is 114 Å². The average Bonchev–Trinajstić information content (AvgIpc) is 2.78. The van der Waals surface area contributed by atoms with E-state index in [1.54, 1.807) is 11.8 Å². The van der Waals surface area contributed by atoms with Crippen molar-refractivity contribution in [1.29, 1.82) is 0 Å². The van der Waals surface area contributed by atoms with Gasteiger partial charge in [0.15, 0.2) is 0 Å². The second kappa shape index (κ2) is 4.05. The molecule has 5 heteroatoms. The van der Waals surface area contributed by atoms with Crippen LogP contribution >= 0.6 is 11.8 Å². The maximum absolute atomic E-state index is 11.6. The minimum atomic E-state index is -0.0455. The first kappa shape index (κ1) is 11.0. The molecule has 2 aliphatic rings. The second-order valence-corrected chi connectivity index (χ2v) is 7.76. The zero-order valence-electron chi connectivity index (χ0n) is 9.51. The van der Waals surface area contributed by atoms with Crippen LogP contribution in [-0.2, 0) is 0 Å². The Kier molecular flexibility index (Phi) is 2.47. The van der Waals surface area contributed by atoms with Crippen molar-refractivity contribution in [3.63, 3.8) is 0 Å². The predicted octanol–water partition coefficient (Wildman–Crippen LogP) is 1.68. The standard InChI is InChI=1S/C13H11NO2SSe/c15-13-14-12-11(18-13)10-7(6-17-12)5-16-9-4-2-1-3-8(9)10/h1-4,7,10H,5-6H2,(H,14,15). The Morgan fingerprint density at radius 2 is 2.28 bits per heavy atom. The van der Waals surface area contributed by atoms with Gasteiger partial charge in [0.25, 0.3) is 0 Å². The van der Waals surface area contributed by atoms with Crippen LogP contribution in [-0.4, -0.2) is 31.8 Å². The molecule has 2 unspecified atom stereocenters. The van der Waals surface area contributed by atoms with E-state index in [0.29, 0.717) is 11.8 Å². The molecule has 3 heterocycles. The number of hydrogen-bond donors (Lipinski definition) is 1. The molecule has 1 aromatic carbocycles. The van der Waals surface area contributed by atoms with Crippen LogP contribution in [0.1, 0.15) is 15.9 Å². The number of nitrogens with one attached hydrogen (secondary N) is 1. The van der Waals surface area contributed by atoms with Gasteiger partial charge in [-0.15, -0.1) is 0 Å². The van der Waals surface area contributed by atoms with Crippen LogP contribution in [0.5, 0.6) is 5.75 Å². The Balaban J connectivity index is 1.93. The number of thioether (sulfide) groups is 1. The quantitative estimate of drug-likeness (QED) is 0.750. The van der Waals surface area contributed by atoms with Crippen molar-refractivity contribution in [3.8, 4) is 5.75 Å². The first-order valence-electron chi connectivity index (χ1n) is 5.90. The Bertz CT molecular complexity index is 663. The van der Waals surface area contributed by atoms with Gasteiger partial charge in [0.2, 0.25) is 0 Å². The molecule has 2 aliphatic heterocycles. The van der Waals surface area contributed by atoms with Crippen LogP contribution in [0.4, 0.5) is 0 Å². The molecule has 0 aliphatic carbocycles. The van der Waals surface area contributed by atoms with Gasteiger partial charge in [-0.3, -0.25) is 0 Å². The van der Waals surface area contributed by atoms with Gasteiger partial charge in [0.05, 0.1) is 0 Å². The number of para-hydroxylation sites is 1. The summed E-state index contributed by atoms with van der Waals surface area (Å²) in [7, 11) is 0. The van der Waals surface area contributed by atoms with Gasteiger partial charge in [-0.1, -0.05) is 0 Å². The number of benzene rings is 1. The molecule has 4 rings (SSSR count). The molecule has 92 valence electrons. The summed E-state index contributed by atoms with van der Waals surface area (Å²) < 4.78 is 7.37. The van der Waals surface area contributed by atoms with E-state index in [1.807, 2.05) is 12.1 Å². The summed E-state index contributed by atoms with van der Waals surface area (Å²) in [6.07, 6.45) is 0. The van der Waals surface area contributed by atoms with E-state index in [1.165, 1.54) is 10.0 Å². The molecule has 0 fully saturated rings. The van der Waals surface area contributed by atoms with Crippen molar-refractivity contribution in [1.82, 2.24) is 4.98 Å². The molecule has 0 bridgehead atoms. The Morgan fingerprint density at radius 1 is 1.39 bits per heavy atom. The van der Waals surface area contributed by atoms with E-state index < -0.39 is 0 Å². The first-order chi connectivity index (χ1) is 8.83. The average molecular weight is 324 g/mol. The number of hydrogen-bond acceptors (Lipinski definition) is 3.